The summed E-state index contributed by atoms with van der Waals surface area (Å²) in [5.74, 6) is -0.450. The van der Waals surface area contributed by atoms with Crippen LogP contribution in [0.1, 0.15) is 15.9 Å². The lowest BCUT2D eigenvalue weighted by Gasteiger charge is -2.26. The Morgan fingerprint density at radius 3 is 2.75 bits per heavy atom. The Bertz CT molecular complexity index is 808. The van der Waals surface area contributed by atoms with Gasteiger partial charge in [0.25, 0.3) is 0 Å². The summed E-state index contributed by atoms with van der Waals surface area (Å²) in [6.07, 6.45) is -3.01. The SMILES string of the molecule is O=C(OCCN1CCOCC1)c1cccnc1Nc1cccc(C(F)(F)F)c1. The van der Waals surface area contributed by atoms with Crippen LogP contribution in [-0.4, -0.2) is 55.3 Å². The molecule has 2 heterocycles. The van der Waals surface area contributed by atoms with Crippen LogP contribution >= 0.6 is 0 Å². The van der Waals surface area contributed by atoms with E-state index in [2.05, 4.69) is 15.2 Å². The molecule has 0 amide bonds. The minimum Gasteiger partial charge on any atom is -0.461 e. The van der Waals surface area contributed by atoms with E-state index in [-0.39, 0.29) is 23.7 Å². The Morgan fingerprint density at radius 1 is 1.21 bits per heavy atom. The lowest BCUT2D eigenvalue weighted by Crippen LogP contribution is -2.38. The van der Waals surface area contributed by atoms with E-state index >= 15 is 0 Å². The highest BCUT2D eigenvalue weighted by molar-refractivity contribution is 5.95. The van der Waals surface area contributed by atoms with Crippen molar-refractivity contribution in [2.24, 2.45) is 0 Å². The van der Waals surface area contributed by atoms with Gasteiger partial charge < -0.3 is 14.8 Å². The number of hydrogen-bond acceptors (Lipinski definition) is 6. The Balaban J connectivity index is 1.64. The molecule has 0 aliphatic carbocycles. The number of carbonyl (C=O) groups excluding carboxylic acids is 1. The van der Waals surface area contributed by atoms with Gasteiger partial charge >= 0.3 is 12.1 Å². The molecule has 0 spiro atoms. The fourth-order valence-corrected chi connectivity index (χ4v) is 2.75. The van der Waals surface area contributed by atoms with Crippen molar-refractivity contribution in [1.82, 2.24) is 9.88 Å². The van der Waals surface area contributed by atoms with E-state index in [0.29, 0.717) is 19.8 Å². The van der Waals surface area contributed by atoms with E-state index in [1.807, 2.05) is 0 Å². The molecule has 1 aliphatic rings. The molecule has 0 radical (unpaired) electrons. The number of carbonyl (C=O) groups is 1. The van der Waals surface area contributed by atoms with Crippen LogP contribution in [0, 0.1) is 0 Å². The van der Waals surface area contributed by atoms with Gasteiger partial charge in [-0.15, -0.1) is 0 Å². The molecule has 1 aromatic heterocycles. The number of anilines is 2. The summed E-state index contributed by atoms with van der Waals surface area (Å²) in [6, 6.07) is 7.77. The van der Waals surface area contributed by atoms with Crippen LogP contribution in [-0.2, 0) is 15.7 Å². The van der Waals surface area contributed by atoms with Crippen molar-refractivity contribution < 1.29 is 27.4 Å². The van der Waals surface area contributed by atoms with Gasteiger partial charge in [0.15, 0.2) is 0 Å². The van der Waals surface area contributed by atoms with Gasteiger partial charge in [0.05, 0.1) is 18.8 Å². The summed E-state index contributed by atoms with van der Waals surface area (Å²) in [7, 11) is 0. The normalized spacial score (nSPS) is 15.2. The van der Waals surface area contributed by atoms with Gasteiger partial charge in [0.2, 0.25) is 0 Å². The van der Waals surface area contributed by atoms with Crippen molar-refractivity contribution in [3.05, 3.63) is 53.7 Å². The van der Waals surface area contributed by atoms with Gasteiger partial charge in [-0.3, -0.25) is 4.90 Å². The van der Waals surface area contributed by atoms with Crippen molar-refractivity contribution in [2.75, 3.05) is 44.8 Å². The molecule has 0 bridgehead atoms. The number of aromatic nitrogens is 1. The zero-order valence-electron chi connectivity index (χ0n) is 15.0. The van der Waals surface area contributed by atoms with E-state index in [4.69, 9.17) is 9.47 Å². The van der Waals surface area contributed by atoms with E-state index in [1.165, 1.54) is 24.4 Å². The van der Waals surface area contributed by atoms with Gasteiger partial charge in [-0.25, -0.2) is 9.78 Å². The van der Waals surface area contributed by atoms with Gasteiger partial charge in [-0.1, -0.05) is 6.07 Å². The average molecular weight is 395 g/mol. The molecule has 6 nitrogen and oxygen atoms in total. The van der Waals surface area contributed by atoms with Gasteiger partial charge in [0, 0.05) is 31.5 Å². The second-order valence-corrected chi connectivity index (χ2v) is 6.19. The summed E-state index contributed by atoms with van der Waals surface area (Å²) in [4.78, 5) is 18.6. The standard InChI is InChI=1S/C19H20F3N3O3/c20-19(21,22)14-3-1-4-15(13-14)24-17-16(5-2-6-23-17)18(26)28-12-9-25-7-10-27-11-8-25/h1-6,13H,7-12H2,(H,23,24). The molecule has 28 heavy (non-hydrogen) atoms. The van der Waals surface area contributed by atoms with Crippen molar-refractivity contribution in [3.8, 4) is 0 Å². The van der Waals surface area contributed by atoms with Crippen LogP contribution in [0.25, 0.3) is 0 Å². The monoisotopic (exact) mass is 395 g/mol. The highest BCUT2D eigenvalue weighted by atomic mass is 19.4. The van der Waals surface area contributed by atoms with Gasteiger partial charge in [-0.05, 0) is 30.3 Å². The number of alkyl halides is 3. The third-order valence-electron chi connectivity index (χ3n) is 4.22. The first kappa shape index (κ1) is 20.1. The number of morpholine rings is 1. The van der Waals surface area contributed by atoms with Crippen molar-refractivity contribution in [2.45, 2.75) is 6.18 Å². The molecule has 2 aromatic rings. The van der Waals surface area contributed by atoms with Crippen LogP contribution in [0.3, 0.4) is 0 Å². The van der Waals surface area contributed by atoms with Crippen molar-refractivity contribution in [1.29, 1.82) is 0 Å². The number of rotatable bonds is 6. The molecule has 0 saturated carbocycles. The van der Waals surface area contributed by atoms with Crippen LogP contribution < -0.4 is 5.32 Å². The van der Waals surface area contributed by atoms with Crippen LogP contribution in [0.4, 0.5) is 24.7 Å². The summed E-state index contributed by atoms with van der Waals surface area (Å²) < 4.78 is 49.2. The van der Waals surface area contributed by atoms with Crippen LogP contribution in [0.15, 0.2) is 42.6 Å². The number of esters is 1. The van der Waals surface area contributed by atoms with E-state index in [0.717, 1.165) is 25.2 Å². The maximum atomic E-state index is 12.9. The molecular weight excluding hydrogens is 375 g/mol. The van der Waals surface area contributed by atoms with Gasteiger partial charge in [0.1, 0.15) is 18.0 Å². The first-order valence-corrected chi connectivity index (χ1v) is 8.80. The number of ether oxygens (including phenoxy) is 2. The summed E-state index contributed by atoms with van der Waals surface area (Å²) in [6.45, 7) is 3.67. The average Bonchev–Trinajstić information content (AvgIpc) is 2.69. The number of benzene rings is 1. The molecule has 0 atom stereocenters. The van der Waals surface area contributed by atoms with E-state index < -0.39 is 17.7 Å². The lowest BCUT2D eigenvalue weighted by atomic mass is 10.2. The summed E-state index contributed by atoms with van der Waals surface area (Å²) >= 11 is 0. The third-order valence-corrected chi connectivity index (χ3v) is 4.22. The fourth-order valence-electron chi connectivity index (χ4n) is 2.75. The zero-order valence-corrected chi connectivity index (χ0v) is 15.0. The minimum atomic E-state index is -4.46. The molecule has 1 aliphatic heterocycles. The Kier molecular flexibility index (Phi) is 6.48. The molecule has 0 unspecified atom stereocenters. The number of nitrogens with one attached hydrogen (secondary N) is 1. The Labute approximate surface area is 160 Å². The second-order valence-electron chi connectivity index (χ2n) is 6.19. The first-order chi connectivity index (χ1) is 13.4. The zero-order chi connectivity index (χ0) is 20.0. The highest BCUT2D eigenvalue weighted by Gasteiger charge is 2.30. The minimum absolute atomic E-state index is 0.137. The molecule has 1 saturated heterocycles. The molecular formula is C19H20F3N3O3. The topological polar surface area (TPSA) is 63.7 Å². The first-order valence-electron chi connectivity index (χ1n) is 8.80. The van der Waals surface area contributed by atoms with Crippen molar-refractivity contribution >= 4 is 17.5 Å². The van der Waals surface area contributed by atoms with Crippen molar-refractivity contribution in [3.63, 3.8) is 0 Å². The molecule has 1 fully saturated rings. The largest absolute Gasteiger partial charge is 0.461 e. The molecule has 9 heteroatoms. The quantitative estimate of drug-likeness (QED) is 0.757. The predicted octanol–water partition coefficient (Wildman–Crippen LogP) is 3.33. The maximum Gasteiger partial charge on any atom is 0.416 e. The summed E-state index contributed by atoms with van der Waals surface area (Å²) in [5.41, 5.74) is -0.458. The highest BCUT2D eigenvalue weighted by Crippen LogP contribution is 2.31. The van der Waals surface area contributed by atoms with E-state index in [9.17, 15) is 18.0 Å². The Hall–Kier alpha value is -2.65. The lowest BCUT2D eigenvalue weighted by molar-refractivity contribution is -0.137. The number of halogens is 3. The van der Waals surface area contributed by atoms with Crippen LogP contribution in [0.2, 0.25) is 0 Å². The fraction of sp³-hybridized carbons (Fsp3) is 0.368. The second kappa shape index (κ2) is 9.03. The summed E-state index contributed by atoms with van der Waals surface area (Å²) in [5, 5.41) is 2.77. The number of nitrogens with zero attached hydrogens (tertiary/aromatic N) is 2. The number of hydrogen-bond donors (Lipinski definition) is 1. The van der Waals surface area contributed by atoms with E-state index in [1.54, 1.807) is 6.07 Å². The number of pyridine rings is 1. The molecule has 1 N–H and O–H groups in total. The molecule has 1 aromatic carbocycles. The van der Waals surface area contributed by atoms with Crippen LogP contribution in [0.5, 0.6) is 0 Å². The molecule has 150 valence electrons. The van der Waals surface area contributed by atoms with Gasteiger partial charge in [-0.2, -0.15) is 13.2 Å². The molecule has 3 rings (SSSR count). The Morgan fingerprint density at radius 2 is 2.00 bits per heavy atom. The third kappa shape index (κ3) is 5.43. The predicted molar refractivity (Wildman–Crippen MR) is 96.5 cm³/mol. The smallest absolute Gasteiger partial charge is 0.416 e. The maximum absolute atomic E-state index is 12.9.